The van der Waals surface area contributed by atoms with Gasteiger partial charge in [-0.15, -0.1) is 0 Å². The quantitative estimate of drug-likeness (QED) is 0.785. The lowest BCUT2D eigenvalue weighted by Crippen LogP contribution is -2.07. The van der Waals surface area contributed by atoms with E-state index in [1.165, 1.54) is 6.26 Å². The van der Waals surface area contributed by atoms with Gasteiger partial charge in [-0.3, -0.25) is 0 Å². The summed E-state index contributed by atoms with van der Waals surface area (Å²) in [5.41, 5.74) is 2.10. The Bertz CT molecular complexity index is 441. The number of allylic oxidation sites excluding steroid dienone is 2. The predicted octanol–water partition coefficient (Wildman–Crippen LogP) is 3.16. The van der Waals surface area contributed by atoms with Gasteiger partial charge in [0.1, 0.15) is 12.0 Å². The zero-order valence-corrected chi connectivity index (χ0v) is 10.3. The fourth-order valence-corrected chi connectivity index (χ4v) is 1.55. The van der Waals surface area contributed by atoms with Gasteiger partial charge in [0.2, 0.25) is 0 Å². The highest BCUT2D eigenvalue weighted by Crippen LogP contribution is 2.27. The molecule has 0 spiro atoms. The molecular formula is C13H18O3. The van der Waals surface area contributed by atoms with Crippen LogP contribution in [0, 0.1) is 6.92 Å². The minimum absolute atomic E-state index is 0.344. The average Bonchev–Trinajstić information content (AvgIpc) is 2.29. The van der Waals surface area contributed by atoms with Gasteiger partial charge >= 0.3 is 5.63 Å². The first-order chi connectivity index (χ1) is 7.61. The van der Waals surface area contributed by atoms with Crippen molar-refractivity contribution in [3.63, 3.8) is 0 Å². The molecule has 0 unspecified atom stereocenters. The van der Waals surface area contributed by atoms with Gasteiger partial charge < -0.3 is 9.15 Å². The fourth-order valence-electron chi connectivity index (χ4n) is 1.55. The molecule has 0 radical (unpaired) electrons. The van der Waals surface area contributed by atoms with Crippen molar-refractivity contribution in [2.24, 2.45) is 0 Å². The van der Waals surface area contributed by atoms with Crippen LogP contribution < -0.4 is 10.4 Å². The highest BCUT2D eigenvalue weighted by molar-refractivity contribution is 5.69. The first-order valence-corrected chi connectivity index (χ1v) is 5.45. The van der Waals surface area contributed by atoms with Crippen LogP contribution in [0.2, 0.25) is 0 Å². The van der Waals surface area contributed by atoms with E-state index in [1.54, 1.807) is 14.0 Å². The molecule has 0 N–H and O–H groups in total. The molecule has 1 aromatic heterocycles. The Labute approximate surface area is 95.7 Å². The zero-order valence-electron chi connectivity index (χ0n) is 10.3. The second kappa shape index (κ2) is 5.54. The van der Waals surface area contributed by atoms with E-state index in [2.05, 4.69) is 13.0 Å². The van der Waals surface area contributed by atoms with Crippen LogP contribution in [0.4, 0.5) is 0 Å². The van der Waals surface area contributed by atoms with Crippen molar-refractivity contribution < 1.29 is 9.15 Å². The van der Waals surface area contributed by atoms with Gasteiger partial charge in [-0.1, -0.05) is 19.4 Å². The van der Waals surface area contributed by atoms with Crippen LogP contribution in [-0.4, -0.2) is 7.11 Å². The van der Waals surface area contributed by atoms with E-state index in [-0.39, 0.29) is 5.63 Å². The number of unbranched alkanes of at least 4 members (excludes halogenated alkanes) is 1. The predicted molar refractivity (Wildman–Crippen MR) is 64.8 cm³/mol. The van der Waals surface area contributed by atoms with E-state index in [9.17, 15) is 4.79 Å². The molecule has 0 aliphatic rings. The molecule has 88 valence electrons. The smallest absolute Gasteiger partial charge is 0.342 e. The molecule has 0 saturated heterocycles. The van der Waals surface area contributed by atoms with Crippen molar-refractivity contribution in [1.82, 2.24) is 0 Å². The molecule has 16 heavy (non-hydrogen) atoms. The summed E-state index contributed by atoms with van der Waals surface area (Å²) in [5, 5.41) is 0. The molecule has 3 nitrogen and oxygen atoms in total. The molecule has 1 rings (SSSR count). The number of rotatable bonds is 4. The van der Waals surface area contributed by atoms with E-state index in [0.717, 1.165) is 24.0 Å². The Kier molecular flexibility index (Phi) is 4.35. The molecule has 0 fully saturated rings. The third-order valence-corrected chi connectivity index (χ3v) is 2.54. The topological polar surface area (TPSA) is 39.4 Å². The van der Waals surface area contributed by atoms with E-state index in [0.29, 0.717) is 11.3 Å². The third-order valence-electron chi connectivity index (χ3n) is 2.54. The van der Waals surface area contributed by atoms with Gasteiger partial charge in [-0.05, 0) is 25.8 Å². The normalized spacial score (nSPS) is 11.6. The Morgan fingerprint density at radius 1 is 1.56 bits per heavy atom. The molecule has 0 atom stereocenters. The zero-order chi connectivity index (χ0) is 12.1. The summed E-state index contributed by atoms with van der Waals surface area (Å²) >= 11 is 0. The molecule has 3 heteroatoms. The van der Waals surface area contributed by atoms with Crippen molar-refractivity contribution in [2.75, 3.05) is 7.11 Å². The van der Waals surface area contributed by atoms with E-state index in [4.69, 9.17) is 9.15 Å². The first-order valence-electron chi connectivity index (χ1n) is 5.45. The van der Waals surface area contributed by atoms with Crippen molar-refractivity contribution in [1.29, 1.82) is 0 Å². The van der Waals surface area contributed by atoms with Crippen LogP contribution in [0.1, 0.15) is 37.8 Å². The number of hydrogen-bond acceptors (Lipinski definition) is 3. The SMILES string of the molecule is CCC/C=C(\C)c1coc(=O)c(C)c1OC. The summed E-state index contributed by atoms with van der Waals surface area (Å²) in [6.45, 7) is 5.82. The van der Waals surface area contributed by atoms with Crippen molar-refractivity contribution in [3.05, 3.63) is 33.9 Å². The molecule has 0 aliphatic heterocycles. The Hall–Kier alpha value is -1.51. The average molecular weight is 222 g/mol. The van der Waals surface area contributed by atoms with Gasteiger partial charge in [0.15, 0.2) is 0 Å². The van der Waals surface area contributed by atoms with Crippen LogP contribution >= 0.6 is 0 Å². The van der Waals surface area contributed by atoms with Crippen molar-refractivity contribution in [2.45, 2.75) is 33.6 Å². The van der Waals surface area contributed by atoms with E-state index in [1.807, 2.05) is 6.92 Å². The molecule has 0 aromatic carbocycles. The minimum atomic E-state index is -0.344. The Balaban J connectivity index is 3.24. The first kappa shape index (κ1) is 12.6. The third kappa shape index (κ3) is 2.54. The maximum atomic E-state index is 11.3. The maximum absolute atomic E-state index is 11.3. The summed E-state index contributed by atoms with van der Waals surface area (Å²) in [6, 6.07) is 0. The summed E-state index contributed by atoms with van der Waals surface area (Å²) in [7, 11) is 1.57. The lowest BCUT2D eigenvalue weighted by Gasteiger charge is -2.09. The standard InChI is InChI=1S/C13H18O3/c1-5-6-7-9(2)11-8-16-13(14)10(3)12(11)15-4/h7-8H,5-6H2,1-4H3/b9-7+. The fraction of sp³-hybridized carbons (Fsp3) is 0.462. The van der Waals surface area contributed by atoms with Gasteiger partial charge in [0, 0.05) is 0 Å². The maximum Gasteiger partial charge on any atom is 0.342 e. The largest absolute Gasteiger partial charge is 0.495 e. The highest BCUT2D eigenvalue weighted by Gasteiger charge is 2.12. The van der Waals surface area contributed by atoms with Gasteiger partial charge in [0.25, 0.3) is 0 Å². The monoisotopic (exact) mass is 222 g/mol. The molecule has 0 bridgehead atoms. The second-order valence-corrected chi connectivity index (χ2v) is 3.77. The van der Waals surface area contributed by atoms with E-state index < -0.39 is 0 Å². The molecule has 1 aromatic rings. The van der Waals surface area contributed by atoms with Crippen LogP contribution in [0.5, 0.6) is 5.75 Å². The van der Waals surface area contributed by atoms with Crippen LogP contribution in [-0.2, 0) is 0 Å². The van der Waals surface area contributed by atoms with Gasteiger partial charge in [-0.25, -0.2) is 4.79 Å². The van der Waals surface area contributed by atoms with Gasteiger partial charge in [0.05, 0.1) is 18.2 Å². The summed E-state index contributed by atoms with van der Waals surface area (Å²) in [5.74, 6) is 0.612. The number of hydrogen-bond donors (Lipinski definition) is 0. The summed E-state index contributed by atoms with van der Waals surface area (Å²) in [4.78, 5) is 11.3. The lowest BCUT2D eigenvalue weighted by molar-refractivity contribution is 0.395. The van der Waals surface area contributed by atoms with Crippen LogP contribution in [0.25, 0.3) is 5.57 Å². The molecule has 0 saturated carbocycles. The summed E-state index contributed by atoms with van der Waals surface area (Å²) < 4.78 is 10.2. The van der Waals surface area contributed by atoms with Crippen LogP contribution in [0.3, 0.4) is 0 Å². The van der Waals surface area contributed by atoms with Crippen LogP contribution in [0.15, 0.2) is 21.6 Å². The van der Waals surface area contributed by atoms with E-state index >= 15 is 0 Å². The van der Waals surface area contributed by atoms with Gasteiger partial charge in [-0.2, -0.15) is 0 Å². The van der Waals surface area contributed by atoms with Crippen molar-refractivity contribution in [3.8, 4) is 5.75 Å². The Morgan fingerprint density at radius 3 is 2.81 bits per heavy atom. The second-order valence-electron chi connectivity index (χ2n) is 3.77. The highest BCUT2D eigenvalue weighted by atomic mass is 16.5. The Morgan fingerprint density at radius 2 is 2.25 bits per heavy atom. The summed E-state index contributed by atoms with van der Waals surface area (Å²) in [6.07, 6.45) is 5.69. The molecule has 0 amide bonds. The molecular weight excluding hydrogens is 204 g/mol. The number of ether oxygens (including phenoxy) is 1. The minimum Gasteiger partial charge on any atom is -0.495 e. The van der Waals surface area contributed by atoms with Crippen molar-refractivity contribution >= 4 is 5.57 Å². The lowest BCUT2D eigenvalue weighted by atomic mass is 10.1. The number of methoxy groups -OCH3 is 1. The molecule has 1 heterocycles. The molecule has 0 aliphatic carbocycles.